The lowest BCUT2D eigenvalue weighted by Gasteiger charge is -2.09. The SMILES string of the molecule is CCc1ccc(COC(=O)O)c(OC)c1. The molecular weight excluding hydrogens is 196 g/mol. The maximum absolute atomic E-state index is 10.2. The predicted molar refractivity (Wildman–Crippen MR) is 55.2 cm³/mol. The van der Waals surface area contributed by atoms with E-state index in [0.29, 0.717) is 5.75 Å². The van der Waals surface area contributed by atoms with Crippen LogP contribution in [-0.4, -0.2) is 18.4 Å². The van der Waals surface area contributed by atoms with Crippen molar-refractivity contribution in [3.63, 3.8) is 0 Å². The van der Waals surface area contributed by atoms with E-state index in [1.54, 1.807) is 7.11 Å². The summed E-state index contributed by atoms with van der Waals surface area (Å²) in [7, 11) is 1.55. The normalized spacial score (nSPS) is 9.73. The molecule has 1 N–H and O–H groups in total. The topological polar surface area (TPSA) is 55.8 Å². The quantitative estimate of drug-likeness (QED) is 0.775. The first kappa shape index (κ1) is 11.4. The van der Waals surface area contributed by atoms with Crippen LogP contribution < -0.4 is 4.74 Å². The van der Waals surface area contributed by atoms with E-state index in [2.05, 4.69) is 4.74 Å². The largest absolute Gasteiger partial charge is 0.506 e. The van der Waals surface area contributed by atoms with Crippen LogP contribution in [0.1, 0.15) is 18.1 Å². The third-order valence-corrected chi connectivity index (χ3v) is 2.11. The Kier molecular flexibility index (Phi) is 3.97. The van der Waals surface area contributed by atoms with Crippen LogP contribution in [0.4, 0.5) is 4.79 Å². The molecule has 0 bridgehead atoms. The predicted octanol–water partition coefficient (Wildman–Crippen LogP) is 2.45. The Labute approximate surface area is 88.4 Å². The van der Waals surface area contributed by atoms with E-state index < -0.39 is 6.16 Å². The van der Waals surface area contributed by atoms with Gasteiger partial charge in [0.25, 0.3) is 0 Å². The summed E-state index contributed by atoms with van der Waals surface area (Å²) in [6, 6.07) is 5.64. The number of hydrogen-bond donors (Lipinski definition) is 1. The third-order valence-electron chi connectivity index (χ3n) is 2.11. The minimum atomic E-state index is -1.28. The molecule has 0 radical (unpaired) electrons. The van der Waals surface area contributed by atoms with Crippen molar-refractivity contribution < 1.29 is 19.4 Å². The second-order valence-corrected chi connectivity index (χ2v) is 3.05. The van der Waals surface area contributed by atoms with E-state index in [1.165, 1.54) is 0 Å². The number of rotatable bonds is 4. The molecule has 1 rings (SSSR count). The number of aryl methyl sites for hydroxylation is 1. The van der Waals surface area contributed by atoms with E-state index in [1.807, 2.05) is 25.1 Å². The Morgan fingerprint density at radius 1 is 1.47 bits per heavy atom. The summed E-state index contributed by atoms with van der Waals surface area (Å²) < 4.78 is 9.63. The smallest absolute Gasteiger partial charge is 0.496 e. The van der Waals surface area contributed by atoms with Gasteiger partial charge in [-0.25, -0.2) is 4.79 Å². The van der Waals surface area contributed by atoms with Crippen LogP contribution in [0.25, 0.3) is 0 Å². The van der Waals surface area contributed by atoms with Gasteiger partial charge >= 0.3 is 6.16 Å². The molecule has 15 heavy (non-hydrogen) atoms. The van der Waals surface area contributed by atoms with Crippen LogP contribution in [0, 0.1) is 0 Å². The van der Waals surface area contributed by atoms with Crippen molar-refractivity contribution in [2.24, 2.45) is 0 Å². The first-order valence-corrected chi connectivity index (χ1v) is 4.69. The van der Waals surface area contributed by atoms with E-state index in [0.717, 1.165) is 17.5 Å². The highest BCUT2D eigenvalue weighted by molar-refractivity contribution is 5.57. The lowest BCUT2D eigenvalue weighted by atomic mass is 10.1. The zero-order valence-corrected chi connectivity index (χ0v) is 8.82. The van der Waals surface area contributed by atoms with E-state index in [9.17, 15) is 4.79 Å². The Morgan fingerprint density at radius 2 is 2.20 bits per heavy atom. The summed E-state index contributed by atoms with van der Waals surface area (Å²) >= 11 is 0. The number of carbonyl (C=O) groups is 1. The van der Waals surface area contributed by atoms with Gasteiger partial charge in [0.05, 0.1) is 7.11 Å². The number of hydrogen-bond acceptors (Lipinski definition) is 3. The summed E-state index contributed by atoms with van der Waals surface area (Å²) in [5.41, 5.74) is 1.88. The van der Waals surface area contributed by atoms with Crippen molar-refractivity contribution in [1.82, 2.24) is 0 Å². The minimum absolute atomic E-state index is 0.0164. The molecule has 0 aliphatic heterocycles. The fourth-order valence-electron chi connectivity index (χ4n) is 1.27. The van der Waals surface area contributed by atoms with Gasteiger partial charge in [-0.2, -0.15) is 0 Å². The first-order chi connectivity index (χ1) is 7.17. The first-order valence-electron chi connectivity index (χ1n) is 4.69. The van der Waals surface area contributed by atoms with Gasteiger partial charge in [-0.3, -0.25) is 0 Å². The molecule has 0 aliphatic rings. The second kappa shape index (κ2) is 5.24. The van der Waals surface area contributed by atoms with Gasteiger partial charge in [0.1, 0.15) is 12.4 Å². The summed E-state index contributed by atoms with van der Waals surface area (Å²) in [5.74, 6) is 0.663. The number of ether oxygens (including phenoxy) is 2. The van der Waals surface area contributed by atoms with Gasteiger partial charge in [-0.05, 0) is 18.1 Å². The molecular formula is C11H14O4. The van der Waals surface area contributed by atoms with E-state index in [-0.39, 0.29) is 6.61 Å². The molecule has 4 heteroatoms. The zero-order valence-electron chi connectivity index (χ0n) is 8.82. The van der Waals surface area contributed by atoms with Crippen molar-refractivity contribution in [3.05, 3.63) is 29.3 Å². The molecule has 0 saturated heterocycles. The highest BCUT2D eigenvalue weighted by Crippen LogP contribution is 2.21. The molecule has 82 valence electrons. The van der Waals surface area contributed by atoms with Crippen molar-refractivity contribution in [1.29, 1.82) is 0 Å². The maximum Gasteiger partial charge on any atom is 0.506 e. The lowest BCUT2D eigenvalue weighted by molar-refractivity contribution is 0.0847. The van der Waals surface area contributed by atoms with Crippen molar-refractivity contribution in [3.8, 4) is 5.75 Å². The van der Waals surface area contributed by atoms with Crippen molar-refractivity contribution >= 4 is 6.16 Å². The van der Waals surface area contributed by atoms with E-state index in [4.69, 9.17) is 9.84 Å². The Hall–Kier alpha value is -1.71. The standard InChI is InChI=1S/C11H14O4/c1-3-8-4-5-9(7-15-11(12)13)10(6-8)14-2/h4-6H,3,7H2,1-2H3,(H,12,13). The molecule has 0 amide bonds. The van der Waals surface area contributed by atoms with Crippen molar-refractivity contribution in [2.75, 3.05) is 7.11 Å². The van der Waals surface area contributed by atoms with Crippen LogP contribution in [0.3, 0.4) is 0 Å². The monoisotopic (exact) mass is 210 g/mol. The molecule has 0 aliphatic carbocycles. The van der Waals surface area contributed by atoms with E-state index >= 15 is 0 Å². The summed E-state index contributed by atoms with van der Waals surface area (Å²) in [6.45, 7) is 2.06. The maximum atomic E-state index is 10.2. The molecule has 0 atom stereocenters. The summed E-state index contributed by atoms with van der Waals surface area (Å²) in [4.78, 5) is 10.2. The lowest BCUT2D eigenvalue weighted by Crippen LogP contribution is -2.02. The van der Waals surface area contributed by atoms with Crippen LogP contribution in [0.5, 0.6) is 5.75 Å². The average molecular weight is 210 g/mol. The molecule has 0 saturated carbocycles. The van der Waals surface area contributed by atoms with Crippen LogP contribution >= 0.6 is 0 Å². The van der Waals surface area contributed by atoms with Gasteiger partial charge in [0.2, 0.25) is 0 Å². The van der Waals surface area contributed by atoms with Crippen LogP contribution in [0.15, 0.2) is 18.2 Å². The van der Waals surface area contributed by atoms with Gasteiger partial charge in [-0.1, -0.05) is 19.1 Å². The molecule has 0 fully saturated rings. The summed E-state index contributed by atoms with van der Waals surface area (Å²) in [5, 5.41) is 8.38. The third kappa shape index (κ3) is 3.16. The molecule has 4 nitrogen and oxygen atoms in total. The molecule has 0 unspecified atom stereocenters. The van der Waals surface area contributed by atoms with Gasteiger partial charge in [0.15, 0.2) is 0 Å². The molecule has 0 aromatic heterocycles. The number of methoxy groups -OCH3 is 1. The molecule has 0 heterocycles. The number of carboxylic acid groups (broad SMARTS) is 1. The fraction of sp³-hybridized carbons (Fsp3) is 0.364. The molecule has 1 aromatic rings. The highest BCUT2D eigenvalue weighted by atomic mass is 16.7. The Bertz CT molecular complexity index is 346. The van der Waals surface area contributed by atoms with Gasteiger partial charge in [-0.15, -0.1) is 0 Å². The van der Waals surface area contributed by atoms with Gasteiger partial charge < -0.3 is 14.6 Å². The fourth-order valence-corrected chi connectivity index (χ4v) is 1.27. The van der Waals surface area contributed by atoms with Crippen LogP contribution in [0.2, 0.25) is 0 Å². The zero-order chi connectivity index (χ0) is 11.3. The van der Waals surface area contributed by atoms with Crippen molar-refractivity contribution in [2.45, 2.75) is 20.0 Å². The summed E-state index contributed by atoms with van der Waals surface area (Å²) in [6.07, 6.45) is -0.368. The minimum Gasteiger partial charge on any atom is -0.496 e. The second-order valence-electron chi connectivity index (χ2n) is 3.05. The highest BCUT2D eigenvalue weighted by Gasteiger charge is 2.06. The Morgan fingerprint density at radius 3 is 2.73 bits per heavy atom. The van der Waals surface area contributed by atoms with Gasteiger partial charge in [0, 0.05) is 5.56 Å². The number of benzene rings is 1. The Balaban J connectivity index is 2.82. The van der Waals surface area contributed by atoms with Crippen LogP contribution in [-0.2, 0) is 17.8 Å². The average Bonchev–Trinajstić information content (AvgIpc) is 2.25. The molecule has 0 spiro atoms. The molecule has 1 aromatic carbocycles.